The smallest absolute Gasteiger partial charge is 0.338 e. The molecule has 0 radical (unpaired) electrons. The molecule has 4 rings (SSSR count). The van der Waals surface area contributed by atoms with E-state index in [1.807, 2.05) is 18.2 Å². The molecule has 1 aliphatic heterocycles. The van der Waals surface area contributed by atoms with E-state index < -0.39 is 17.8 Å². The fourth-order valence-corrected chi connectivity index (χ4v) is 3.12. The van der Waals surface area contributed by atoms with Gasteiger partial charge in [0.1, 0.15) is 12.2 Å². The Hall–Kier alpha value is -3.52. The maximum atomic E-state index is 12.3. The van der Waals surface area contributed by atoms with Gasteiger partial charge >= 0.3 is 5.97 Å². The third kappa shape index (κ3) is 3.25. The SMILES string of the molecule is C=CC[C@]1(COC(=O)c2ccccc2)C=C[C@H](n2cnc3c(=O)[nH]cnc32)O1. The number of benzene rings is 1. The van der Waals surface area contributed by atoms with E-state index in [4.69, 9.17) is 9.47 Å². The van der Waals surface area contributed by atoms with Gasteiger partial charge in [0.25, 0.3) is 5.56 Å². The third-order valence-corrected chi connectivity index (χ3v) is 4.51. The molecule has 0 bridgehead atoms. The molecular weight excluding hydrogens is 360 g/mol. The minimum absolute atomic E-state index is 0.0282. The van der Waals surface area contributed by atoms with E-state index >= 15 is 0 Å². The molecule has 1 aromatic carbocycles. The molecule has 8 heteroatoms. The molecule has 1 N–H and O–H groups in total. The lowest BCUT2D eigenvalue weighted by molar-refractivity contribution is -0.0842. The molecule has 28 heavy (non-hydrogen) atoms. The number of carbonyl (C=O) groups is 1. The van der Waals surface area contributed by atoms with Gasteiger partial charge in [0, 0.05) is 6.42 Å². The zero-order valence-corrected chi connectivity index (χ0v) is 14.9. The minimum Gasteiger partial charge on any atom is -0.459 e. The minimum atomic E-state index is -0.853. The molecule has 0 saturated heterocycles. The average molecular weight is 378 g/mol. The van der Waals surface area contributed by atoms with Crippen LogP contribution in [0.5, 0.6) is 0 Å². The summed E-state index contributed by atoms with van der Waals surface area (Å²) >= 11 is 0. The van der Waals surface area contributed by atoms with E-state index in [9.17, 15) is 9.59 Å². The molecule has 0 unspecified atom stereocenters. The molecular formula is C20H18N4O4. The first-order valence-corrected chi connectivity index (χ1v) is 8.72. The monoisotopic (exact) mass is 378 g/mol. The van der Waals surface area contributed by atoms with Gasteiger partial charge in [-0.1, -0.05) is 24.3 Å². The standard InChI is InChI=1S/C20H18N4O4/c1-2-9-20(11-27-19(26)14-6-4-3-5-7-14)10-8-15(28-20)24-13-23-16-17(24)21-12-22-18(16)25/h2-8,10,12-13,15H,1,9,11H2,(H,21,22,25)/t15-,20-/m1/s1. The Bertz CT molecular complexity index is 1100. The molecule has 0 saturated carbocycles. The second kappa shape index (κ2) is 7.24. The van der Waals surface area contributed by atoms with Gasteiger partial charge in [-0.25, -0.2) is 14.8 Å². The lowest BCUT2D eigenvalue weighted by Crippen LogP contribution is -2.35. The van der Waals surface area contributed by atoms with Crippen molar-refractivity contribution < 1.29 is 14.3 Å². The maximum Gasteiger partial charge on any atom is 0.338 e. The van der Waals surface area contributed by atoms with Crippen LogP contribution in [-0.4, -0.2) is 37.7 Å². The van der Waals surface area contributed by atoms with Crippen LogP contribution in [0.25, 0.3) is 11.2 Å². The number of rotatable bonds is 6. The van der Waals surface area contributed by atoms with Crippen LogP contribution in [0.3, 0.4) is 0 Å². The van der Waals surface area contributed by atoms with Crippen molar-refractivity contribution in [3.63, 3.8) is 0 Å². The zero-order chi connectivity index (χ0) is 19.6. The molecule has 8 nitrogen and oxygen atoms in total. The van der Waals surface area contributed by atoms with Gasteiger partial charge in [0.2, 0.25) is 0 Å². The summed E-state index contributed by atoms with van der Waals surface area (Å²) in [6.07, 6.45) is 8.11. The van der Waals surface area contributed by atoms with E-state index in [1.165, 1.54) is 12.7 Å². The van der Waals surface area contributed by atoms with Crippen molar-refractivity contribution in [1.82, 2.24) is 19.5 Å². The number of hydrogen-bond donors (Lipinski definition) is 1. The highest BCUT2D eigenvalue weighted by Gasteiger charge is 2.37. The molecule has 0 spiro atoms. The van der Waals surface area contributed by atoms with Crippen molar-refractivity contribution in [2.24, 2.45) is 0 Å². The van der Waals surface area contributed by atoms with Gasteiger partial charge in [-0.2, -0.15) is 0 Å². The van der Waals surface area contributed by atoms with Crippen LogP contribution >= 0.6 is 0 Å². The summed E-state index contributed by atoms with van der Waals surface area (Å²) in [5.41, 5.74) is -0.0572. The van der Waals surface area contributed by atoms with Crippen LogP contribution in [0.1, 0.15) is 23.0 Å². The Morgan fingerprint density at radius 1 is 1.36 bits per heavy atom. The highest BCUT2D eigenvalue weighted by Crippen LogP contribution is 2.34. The largest absolute Gasteiger partial charge is 0.459 e. The summed E-state index contributed by atoms with van der Waals surface area (Å²) in [5.74, 6) is -0.425. The number of nitrogens with zero attached hydrogens (tertiary/aromatic N) is 3. The molecule has 3 aromatic rings. The number of aromatic amines is 1. The average Bonchev–Trinajstić information content (AvgIpc) is 3.33. The quantitative estimate of drug-likeness (QED) is 0.522. The Morgan fingerprint density at radius 3 is 2.96 bits per heavy atom. The van der Waals surface area contributed by atoms with Crippen molar-refractivity contribution in [1.29, 1.82) is 0 Å². The van der Waals surface area contributed by atoms with Crippen molar-refractivity contribution in [3.05, 3.63) is 83.7 Å². The first kappa shape index (κ1) is 17.9. The molecule has 1 aliphatic rings. The number of esters is 1. The molecule has 2 aromatic heterocycles. The van der Waals surface area contributed by atoms with Gasteiger partial charge in [-0.05, 0) is 24.3 Å². The summed E-state index contributed by atoms with van der Waals surface area (Å²) < 4.78 is 13.3. The number of aromatic nitrogens is 4. The maximum absolute atomic E-state index is 12.3. The summed E-state index contributed by atoms with van der Waals surface area (Å²) in [5, 5.41) is 0. The second-order valence-electron chi connectivity index (χ2n) is 6.42. The van der Waals surface area contributed by atoms with Crippen LogP contribution in [0.15, 0.2) is 72.6 Å². The second-order valence-corrected chi connectivity index (χ2v) is 6.42. The number of hydrogen-bond acceptors (Lipinski definition) is 6. The van der Waals surface area contributed by atoms with E-state index in [-0.39, 0.29) is 17.7 Å². The normalized spacial score (nSPS) is 21.1. The highest BCUT2D eigenvalue weighted by molar-refractivity contribution is 5.89. The first-order valence-electron chi connectivity index (χ1n) is 8.72. The molecule has 3 heterocycles. The lowest BCUT2D eigenvalue weighted by atomic mass is 10.0. The van der Waals surface area contributed by atoms with Crippen LogP contribution in [0.4, 0.5) is 0 Å². The number of imidazole rings is 1. The number of ether oxygens (including phenoxy) is 2. The van der Waals surface area contributed by atoms with Gasteiger partial charge in [0.15, 0.2) is 17.4 Å². The Balaban J connectivity index is 1.53. The molecule has 0 amide bonds. The Labute approximate surface area is 160 Å². The number of carbonyl (C=O) groups excluding carboxylic acids is 1. The topological polar surface area (TPSA) is 99.1 Å². The number of fused-ring (bicyclic) bond motifs is 1. The molecule has 0 fully saturated rings. The van der Waals surface area contributed by atoms with Gasteiger partial charge in [-0.15, -0.1) is 6.58 Å². The van der Waals surface area contributed by atoms with E-state index in [1.54, 1.807) is 34.9 Å². The summed E-state index contributed by atoms with van der Waals surface area (Å²) in [6.45, 7) is 3.80. The van der Waals surface area contributed by atoms with Crippen LogP contribution in [0, 0.1) is 0 Å². The van der Waals surface area contributed by atoms with Crippen molar-refractivity contribution in [3.8, 4) is 0 Å². The first-order chi connectivity index (χ1) is 13.6. The molecule has 142 valence electrons. The Kier molecular flexibility index (Phi) is 4.62. The van der Waals surface area contributed by atoms with Gasteiger partial charge in [-0.3, -0.25) is 9.36 Å². The predicted molar refractivity (Wildman–Crippen MR) is 102 cm³/mol. The van der Waals surface area contributed by atoms with Gasteiger partial charge < -0.3 is 14.5 Å². The summed E-state index contributed by atoms with van der Waals surface area (Å²) in [7, 11) is 0. The fraction of sp³-hybridized carbons (Fsp3) is 0.200. The van der Waals surface area contributed by atoms with Crippen LogP contribution in [0.2, 0.25) is 0 Å². The van der Waals surface area contributed by atoms with Crippen molar-refractivity contribution in [2.75, 3.05) is 6.61 Å². The zero-order valence-electron chi connectivity index (χ0n) is 14.9. The molecule has 2 atom stereocenters. The summed E-state index contributed by atoms with van der Waals surface area (Å²) in [6, 6.07) is 8.76. The number of H-pyrrole nitrogens is 1. The summed E-state index contributed by atoms with van der Waals surface area (Å²) in [4.78, 5) is 34.9. The predicted octanol–water partition coefficient (Wildman–Crippen LogP) is 2.38. The Morgan fingerprint density at radius 2 is 2.18 bits per heavy atom. The third-order valence-electron chi connectivity index (χ3n) is 4.51. The molecule has 0 aliphatic carbocycles. The van der Waals surface area contributed by atoms with E-state index in [0.717, 1.165) is 0 Å². The van der Waals surface area contributed by atoms with Crippen LogP contribution in [-0.2, 0) is 9.47 Å². The fourth-order valence-electron chi connectivity index (χ4n) is 3.12. The van der Waals surface area contributed by atoms with Gasteiger partial charge in [0.05, 0.1) is 18.2 Å². The number of nitrogens with one attached hydrogen (secondary N) is 1. The van der Waals surface area contributed by atoms with Crippen molar-refractivity contribution >= 4 is 17.1 Å². The van der Waals surface area contributed by atoms with Crippen molar-refractivity contribution in [2.45, 2.75) is 18.2 Å². The van der Waals surface area contributed by atoms with E-state index in [0.29, 0.717) is 17.6 Å². The van der Waals surface area contributed by atoms with E-state index in [2.05, 4.69) is 21.5 Å². The lowest BCUT2D eigenvalue weighted by Gasteiger charge is -2.27. The highest BCUT2D eigenvalue weighted by atomic mass is 16.6. The van der Waals surface area contributed by atoms with Crippen LogP contribution < -0.4 is 5.56 Å².